The molecule has 0 unspecified atom stereocenters. The maximum atomic E-state index is 12.1. The number of pyridine rings is 1. The van der Waals surface area contributed by atoms with E-state index >= 15 is 0 Å². The molecule has 0 aromatic carbocycles. The van der Waals surface area contributed by atoms with Crippen molar-refractivity contribution in [2.24, 2.45) is 0 Å². The summed E-state index contributed by atoms with van der Waals surface area (Å²) >= 11 is 1.87. The average Bonchev–Trinajstić information content (AvgIpc) is 2.38. The van der Waals surface area contributed by atoms with Gasteiger partial charge in [0.1, 0.15) is 5.75 Å². The highest BCUT2D eigenvalue weighted by atomic mass is 32.2. The second-order valence-electron chi connectivity index (χ2n) is 4.16. The summed E-state index contributed by atoms with van der Waals surface area (Å²) in [7, 11) is 0. The Labute approximate surface area is 105 Å². The lowest BCUT2D eigenvalue weighted by Gasteiger charge is -2.31. The molecular formula is C12H16N2O2S. The van der Waals surface area contributed by atoms with E-state index in [9.17, 15) is 9.90 Å². The first-order valence-corrected chi connectivity index (χ1v) is 6.95. The van der Waals surface area contributed by atoms with Gasteiger partial charge in [-0.15, -0.1) is 0 Å². The van der Waals surface area contributed by atoms with Gasteiger partial charge in [-0.1, -0.05) is 0 Å². The molecule has 5 heteroatoms. The third-order valence-corrected chi connectivity index (χ3v) is 4.17. The Morgan fingerprint density at radius 2 is 2.18 bits per heavy atom. The Morgan fingerprint density at radius 3 is 2.76 bits per heavy atom. The second-order valence-corrected chi connectivity index (χ2v) is 5.30. The first kappa shape index (κ1) is 12.2. The number of thioether (sulfide) groups is 1. The third-order valence-electron chi connectivity index (χ3n) is 3.03. The normalized spacial score (nSPS) is 17.1. The Morgan fingerprint density at radius 1 is 1.47 bits per heavy atom. The highest BCUT2D eigenvalue weighted by Gasteiger charge is 2.23. The monoisotopic (exact) mass is 252 g/mol. The number of carbonyl (C=O) groups excluding carboxylic acids is 1. The number of aromatic nitrogens is 1. The second kappa shape index (κ2) is 5.40. The standard InChI is InChI=1S/C12H16N2O2S/c1-17-11-2-4-14(5-3-11)12(16)9-6-10(15)8-13-7-9/h6-8,11,15H,2-5H2,1H3. The van der Waals surface area contributed by atoms with Crippen LogP contribution in [0, 0.1) is 0 Å². The number of hydrogen-bond acceptors (Lipinski definition) is 4. The summed E-state index contributed by atoms with van der Waals surface area (Å²) in [6.07, 6.45) is 7.03. The molecular weight excluding hydrogens is 236 g/mol. The lowest BCUT2D eigenvalue weighted by molar-refractivity contribution is 0.0726. The van der Waals surface area contributed by atoms with Crippen molar-refractivity contribution in [1.29, 1.82) is 0 Å². The van der Waals surface area contributed by atoms with Crippen molar-refractivity contribution in [3.05, 3.63) is 24.0 Å². The van der Waals surface area contributed by atoms with Crippen molar-refractivity contribution in [2.45, 2.75) is 18.1 Å². The number of carbonyl (C=O) groups is 1. The fourth-order valence-corrected chi connectivity index (χ4v) is 2.70. The number of aromatic hydroxyl groups is 1. The molecule has 4 nitrogen and oxygen atoms in total. The highest BCUT2D eigenvalue weighted by Crippen LogP contribution is 2.22. The minimum Gasteiger partial charge on any atom is -0.506 e. The van der Waals surface area contributed by atoms with Crippen LogP contribution in [0.3, 0.4) is 0 Å². The molecule has 1 N–H and O–H groups in total. The molecule has 1 aromatic heterocycles. The molecule has 0 aliphatic carbocycles. The van der Waals surface area contributed by atoms with Gasteiger partial charge in [0.25, 0.3) is 5.91 Å². The fourth-order valence-electron chi connectivity index (χ4n) is 2.02. The number of hydrogen-bond donors (Lipinski definition) is 1. The maximum Gasteiger partial charge on any atom is 0.255 e. The molecule has 2 rings (SSSR count). The Hall–Kier alpha value is -1.23. The zero-order chi connectivity index (χ0) is 12.3. The van der Waals surface area contributed by atoms with Gasteiger partial charge in [0.15, 0.2) is 0 Å². The van der Waals surface area contributed by atoms with Gasteiger partial charge in [0.2, 0.25) is 0 Å². The van der Waals surface area contributed by atoms with Gasteiger partial charge in [0, 0.05) is 24.5 Å². The number of nitrogens with zero attached hydrogens (tertiary/aromatic N) is 2. The fraction of sp³-hybridized carbons (Fsp3) is 0.500. The van der Waals surface area contributed by atoms with Gasteiger partial charge in [0.05, 0.1) is 11.8 Å². The molecule has 1 saturated heterocycles. The van der Waals surface area contributed by atoms with Crippen LogP contribution in [0.15, 0.2) is 18.5 Å². The zero-order valence-electron chi connectivity index (χ0n) is 9.80. The first-order valence-electron chi connectivity index (χ1n) is 5.67. The largest absolute Gasteiger partial charge is 0.506 e. The molecule has 0 saturated carbocycles. The SMILES string of the molecule is CSC1CCN(C(=O)c2cncc(O)c2)CC1. The average molecular weight is 252 g/mol. The van der Waals surface area contributed by atoms with E-state index in [0.717, 1.165) is 25.9 Å². The van der Waals surface area contributed by atoms with Crippen molar-refractivity contribution in [3.8, 4) is 5.75 Å². The summed E-state index contributed by atoms with van der Waals surface area (Å²) in [4.78, 5) is 17.8. The molecule has 0 radical (unpaired) electrons. The summed E-state index contributed by atoms with van der Waals surface area (Å²) in [6.45, 7) is 1.58. The van der Waals surface area contributed by atoms with E-state index in [2.05, 4.69) is 11.2 Å². The summed E-state index contributed by atoms with van der Waals surface area (Å²) in [5.41, 5.74) is 0.465. The van der Waals surface area contributed by atoms with Crippen molar-refractivity contribution in [1.82, 2.24) is 9.88 Å². The van der Waals surface area contributed by atoms with E-state index in [1.807, 2.05) is 16.7 Å². The minimum atomic E-state index is -0.0343. The molecule has 0 spiro atoms. The summed E-state index contributed by atoms with van der Waals surface area (Å²) < 4.78 is 0. The van der Waals surface area contributed by atoms with Crippen LogP contribution < -0.4 is 0 Å². The predicted molar refractivity (Wildman–Crippen MR) is 68.3 cm³/mol. The summed E-state index contributed by atoms with van der Waals surface area (Å²) in [5.74, 6) is 0.00260. The van der Waals surface area contributed by atoms with Gasteiger partial charge in [-0.3, -0.25) is 9.78 Å². The molecule has 0 atom stereocenters. The van der Waals surface area contributed by atoms with E-state index in [1.165, 1.54) is 18.5 Å². The van der Waals surface area contributed by atoms with Crippen LogP contribution in [0.4, 0.5) is 0 Å². The van der Waals surface area contributed by atoms with E-state index < -0.39 is 0 Å². The Bertz CT molecular complexity index is 403. The molecule has 1 fully saturated rings. The van der Waals surface area contributed by atoms with Crippen molar-refractivity contribution >= 4 is 17.7 Å². The van der Waals surface area contributed by atoms with Gasteiger partial charge in [-0.25, -0.2) is 0 Å². The molecule has 0 bridgehead atoms. The summed E-state index contributed by atoms with van der Waals surface area (Å²) in [6, 6.07) is 1.47. The van der Waals surface area contributed by atoms with E-state index in [1.54, 1.807) is 0 Å². The van der Waals surface area contributed by atoms with Gasteiger partial charge >= 0.3 is 0 Å². The molecule has 1 aromatic rings. The number of likely N-dealkylation sites (tertiary alicyclic amines) is 1. The third kappa shape index (κ3) is 2.91. The predicted octanol–water partition coefficient (Wildman–Crippen LogP) is 1.75. The van der Waals surface area contributed by atoms with E-state index in [0.29, 0.717) is 10.8 Å². The van der Waals surface area contributed by atoms with Gasteiger partial charge < -0.3 is 10.0 Å². The van der Waals surface area contributed by atoms with E-state index in [-0.39, 0.29) is 11.7 Å². The van der Waals surface area contributed by atoms with Crippen LogP contribution in [0.1, 0.15) is 23.2 Å². The molecule has 92 valence electrons. The lowest BCUT2D eigenvalue weighted by Crippen LogP contribution is -2.39. The van der Waals surface area contributed by atoms with Crippen LogP contribution >= 0.6 is 11.8 Å². The zero-order valence-corrected chi connectivity index (χ0v) is 10.6. The lowest BCUT2D eigenvalue weighted by atomic mass is 10.1. The Balaban J connectivity index is 2.02. The summed E-state index contributed by atoms with van der Waals surface area (Å²) in [5, 5.41) is 9.97. The smallest absolute Gasteiger partial charge is 0.255 e. The number of piperidine rings is 1. The Kier molecular flexibility index (Phi) is 3.89. The van der Waals surface area contributed by atoms with Crippen LogP contribution in [0.25, 0.3) is 0 Å². The van der Waals surface area contributed by atoms with Crippen LogP contribution in [0.2, 0.25) is 0 Å². The van der Waals surface area contributed by atoms with Crippen LogP contribution in [-0.4, -0.2) is 45.5 Å². The van der Waals surface area contributed by atoms with Gasteiger partial charge in [-0.2, -0.15) is 11.8 Å². The molecule has 17 heavy (non-hydrogen) atoms. The molecule has 1 amide bonds. The molecule has 1 aliphatic heterocycles. The highest BCUT2D eigenvalue weighted by molar-refractivity contribution is 7.99. The van der Waals surface area contributed by atoms with E-state index in [4.69, 9.17) is 0 Å². The minimum absolute atomic E-state index is 0.0343. The topological polar surface area (TPSA) is 53.4 Å². The first-order chi connectivity index (χ1) is 8.20. The number of amides is 1. The maximum absolute atomic E-state index is 12.1. The van der Waals surface area contributed by atoms with Gasteiger partial charge in [-0.05, 0) is 25.2 Å². The molecule has 1 aliphatic rings. The quantitative estimate of drug-likeness (QED) is 0.871. The van der Waals surface area contributed by atoms with Crippen LogP contribution in [0.5, 0.6) is 5.75 Å². The van der Waals surface area contributed by atoms with Crippen molar-refractivity contribution < 1.29 is 9.90 Å². The van der Waals surface area contributed by atoms with Crippen molar-refractivity contribution in [3.63, 3.8) is 0 Å². The van der Waals surface area contributed by atoms with Crippen molar-refractivity contribution in [2.75, 3.05) is 19.3 Å². The molecule has 2 heterocycles. The van der Waals surface area contributed by atoms with Crippen LogP contribution in [-0.2, 0) is 0 Å². The number of rotatable bonds is 2.